The zero-order chi connectivity index (χ0) is 15.3. The minimum Gasteiger partial charge on any atom is -0.323 e. The summed E-state index contributed by atoms with van der Waals surface area (Å²) >= 11 is 0. The molecule has 2 rings (SSSR count). The van der Waals surface area contributed by atoms with Crippen molar-refractivity contribution in [2.75, 3.05) is 12.0 Å². The van der Waals surface area contributed by atoms with Gasteiger partial charge in [-0.1, -0.05) is 24.3 Å². The second kappa shape index (κ2) is 6.66. The van der Waals surface area contributed by atoms with Crippen molar-refractivity contribution in [3.8, 4) is 0 Å². The maximum absolute atomic E-state index is 12.8. The number of hydrazine groups is 1. The summed E-state index contributed by atoms with van der Waals surface area (Å²) in [5, 5.41) is 0. The van der Waals surface area contributed by atoms with Gasteiger partial charge in [-0.05, 0) is 36.2 Å². The molecular formula is C14H16FN3O2S. The highest BCUT2D eigenvalue weighted by molar-refractivity contribution is 7.89. The molecule has 2 aromatic carbocycles. The summed E-state index contributed by atoms with van der Waals surface area (Å²) in [6.07, 6.45) is 0.470. The number of hydrogen-bond acceptors (Lipinski definition) is 4. The van der Waals surface area contributed by atoms with Crippen molar-refractivity contribution in [3.05, 3.63) is 59.9 Å². The number of benzene rings is 2. The number of nitrogens with one attached hydrogen (secondary N) is 2. The SMILES string of the molecule is NNc1ccccc1S(=O)(=O)NCCc1ccc(F)cc1. The van der Waals surface area contributed by atoms with Gasteiger partial charge in [-0.3, -0.25) is 5.84 Å². The number of halogens is 1. The van der Waals surface area contributed by atoms with Crippen molar-refractivity contribution in [2.24, 2.45) is 5.84 Å². The van der Waals surface area contributed by atoms with E-state index in [0.29, 0.717) is 12.1 Å². The molecule has 0 saturated carbocycles. The Labute approximate surface area is 123 Å². The average Bonchev–Trinajstić information content (AvgIpc) is 2.49. The van der Waals surface area contributed by atoms with E-state index in [1.807, 2.05) is 0 Å². The molecule has 112 valence electrons. The van der Waals surface area contributed by atoms with Gasteiger partial charge < -0.3 is 5.43 Å². The minimum atomic E-state index is -3.65. The first kappa shape index (κ1) is 15.4. The van der Waals surface area contributed by atoms with Crippen LogP contribution < -0.4 is 16.0 Å². The topological polar surface area (TPSA) is 84.2 Å². The molecule has 0 aliphatic carbocycles. The van der Waals surface area contributed by atoms with Crippen LogP contribution in [-0.2, 0) is 16.4 Å². The summed E-state index contributed by atoms with van der Waals surface area (Å²) in [4.78, 5) is 0.0895. The van der Waals surface area contributed by atoms with Crippen molar-refractivity contribution in [3.63, 3.8) is 0 Å². The molecule has 0 aromatic heterocycles. The Kier molecular flexibility index (Phi) is 4.89. The summed E-state index contributed by atoms with van der Waals surface area (Å²) in [5.41, 5.74) is 3.53. The summed E-state index contributed by atoms with van der Waals surface area (Å²) in [7, 11) is -3.65. The monoisotopic (exact) mass is 309 g/mol. The quantitative estimate of drug-likeness (QED) is 0.559. The van der Waals surface area contributed by atoms with Crippen LogP contribution in [0.5, 0.6) is 0 Å². The molecule has 0 aliphatic heterocycles. The maximum Gasteiger partial charge on any atom is 0.242 e. The number of sulfonamides is 1. The van der Waals surface area contributed by atoms with E-state index in [1.54, 1.807) is 30.3 Å². The molecule has 4 N–H and O–H groups in total. The molecule has 0 saturated heterocycles. The molecule has 2 aromatic rings. The van der Waals surface area contributed by atoms with E-state index >= 15 is 0 Å². The van der Waals surface area contributed by atoms with E-state index in [2.05, 4.69) is 10.1 Å². The van der Waals surface area contributed by atoms with E-state index in [1.165, 1.54) is 18.2 Å². The minimum absolute atomic E-state index is 0.0895. The lowest BCUT2D eigenvalue weighted by atomic mass is 10.1. The largest absolute Gasteiger partial charge is 0.323 e. The highest BCUT2D eigenvalue weighted by atomic mass is 32.2. The lowest BCUT2D eigenvalue weighted by Crippen LogP contribution is -2.27. The first-order valence-electron chi connectivity index (χ1n) is 6.33. The zero-order valence-corrected chi connectivity index (χ0v) is 12.0. The standard InChI is InChI=1S/C14H16FN3O2S/c15-12-7-5-11(6-8-12)9-10-17-21(19,20)14-4-2-1-3-13(14)18-16/h1-8,17-18H,9-10,16H2. The molecule has 0 bridgehead atoms. The fourth-order valence-corrected chi connectivity index (χ4v) is 3.08. The molecule has 0 aliphatic rings. The lowest BCUT2D eigenvalue weighted by molar-refractivity contribution is 0.581. The van der Waals surface area contributed by atoms with Crippen molar-refractivity contribution in [2.45, 2.75) is 11.3 Å². The van der Waals surface area contributed by atoms with Crippen molar-refractivity contribution in [1.82, 2.24) is 4.72 Å². The number of nitrogen functional groups attached to an aromatic ring is 1. The first-order valence-corrected chi connectivity index (χ1v) is 7.81. The Bertz CT molecular complexity index is 702. The van der Waals surface area contributed by atoms with E-state index in [0.717, 1.165) is 5.56 Å². The molecule has 7 heteroatoms. The van der Waals surface area contributed by atoms with Gasteiger partial charge in [0.15, 0.2) is 0 Å². The third-order valence-corrected chi connectivity index (χ3v) is 4.47. The number of hydrogen-bond donors (Lipinski definition) is 3. The Morgan fingerprint density at radius 1 is 1.05 bits per heavy atom. The number of anilines is 1. The second-order valence-corrected chi connectivity index (χ2v) is 6.15. The highest BCUT2D eigenvalue weighted by Gasteiger charge is 2.17. The van der Waals surface area contributed by atoms with Crippen LogP contribution in [0.1, 0.15) is 5.56 Å². The van der Waals surface area contributed by atoms with Crippen LogP contribution in [0.2, 0.25) is 0 Å². The Morgan fingerprint density at radius 2 is 1.71 bits per heavy atom. The molecule has 0 atom stereocenters. The third-order valence-electron chi connectivity index (χ3n) is 2.95. The van der Waals surface area contributed by atoms with Gasteiger partial charge in [0.1, 0.15) is 10.7 Å². The summed E-state index contributed by atoms with van der Waals surface area (Å²) in [5.74, 6) is 4.99. The summed E-state index contributed by atoms with van der Waals surface area (Å²) < 4.78 is 39.6. The van der Waals surface area contributed by atoms with Gasteiger partial charge >= 0.3 is 0 Å². The van der Waals surface area contributed by atoms with Crippen LogP contribution in [0, 0.1) is 5.82 Å². The number of para-hydroxylation sites is 1. The van der Waals surface area contributed by atoms with Gasteiger partial charge in [0, 0.05) is 6.54 Å². The molecule has 5 nitrogen and oxygen atoms in total. The van der Waals surface area contributed by atoms with E-state index < -0.39 is 10.0 Å². The fourth-order valence-electron chi connectivity index (χ4n) is 1.88. The molecule has 0 amide bonds. The van der Waals surface area contributed by atoms with Gasteiger partial charge in [0.25, 0.3) is 0 Å². The van der Waals surface area contributed by atoms with Crippen LogP contribution in [0.4, 0.5) is 10.1 Å². The van der Waals surface area contributed by atoms with Gasteiger partial charge in [-0.2, -0.15) is 0 Å². The third kappa shape index (κ3) is 4.01. The summed E-state index contributed by atoms with van der Waals surface area (Å²) in [6.45, 7) is 0.215. The predicted molar refractivity (Wildman–Crippen MR) is 79.5 cm³/mol. The normalized spacial score (nSPS) is 11.3. The zero-order valence-electron chi connectivity index (χ0n) is 11.2. The predicted octanol–water partition coefficient (Wildman–Crippen LogP) is 1.63. The van der Waals surface area contributed by atoms with E-state index in [4.69, 9.17) is 5.84 Å². The average molecular weight is 309 g/mol. The van der Waals surface area contributed by atoms with Gasteiger partial charge in [-0.25, -0.2) is 17.5 Å². The van der Waals surface area contributed by atoms with E-state index in [9.17, 15) is 12.8 Å². The van der Waals surface area contributed by atoms with Crippen molar-refractivity contribution in [1.29, 1.82) is 0 Å². The number of rotatable bonds is 6. The molecule has 0 radical (unpaired) electrons. The smallest absolute Gasteiger partial charge is 0.242 e. The fraction of sp³-hybridized carbons (Fsp3) is 0.143. The van der Waals surface area contributed by atoms with Gasteiger partial charge in [-0.15, -0.1) is 0 Å². The number of nitrogens with two attached hydrogens (primary N) is 1. The van der Waals surface area contributed by atoms with Crippen molar-refractivity contribution < 1.29 is 12.8 Å². The van der Waals surface area contributed by atoms with Gasteiger partial charge in [0.05, 0.1) is 5.69 Å². The summed E-state index contributed by atoms with van der Waals surface area (Å²) in [6, 6.07) is 12.3. The maximum atomic E-state index is 12.8. The van der Waals surface area contributed by atoms with E-state index in [-0.39, 0.29) is 17.3 Å². The molecule has 0 heterocycles. The van der Waals surface area contributed by atoms with Crippen LogP contribution in [0.25, 0.3) is 0 Å². The second-order valence-electron chi connectivity index (χ2n) is 4.41. The molecular weight excluding hydrogens is 293 g/mol. The Hall–Kier alpha value is -1.96. The first-order chi connectivity index (χ1) is 10.0. The Balaban J connectivity index is 2.03. The highest BCUT2D eigenvalue weighted by Crippen LogP contribution is 2.19. The lowest BCUT2D eigenvalue weighted by Gasteiger charge is -2.10. The molecule has 0 fully saturated rings. The Morgan fingerprint density at radius 3 is 2.38 bits per heavy atom. The van der Waals surface area contributed by atoms with Crippen LogP contribution in [-0.4, -0.2) is 15.0 Å². The van der Waals surface area contributed by atoms with Gasteiger partial charge in [0.2, 0.25) is 10.0 Å². The molecule has 0 spiro atoms. The molecule has 0 unspecified atom stereocenters. The van der Waals surface area contributed by atoms with Crippen LogP contribution in [0.3, 0.4) is 0 Å². The molecule has 21 heavy (non-hydrogen) atoms. The van der Waals surface area contributed by atoms with Crippen molar-refractivity contribution >= 4 is 15.7 Å². The van der Waals surface area contributed by atoms with Crippen LogP contribution >= 0.6 is 0 Å². The van der Waals surface area contributed by atoms with Crippen LogP contribution in [0.15, 0.2) is 53.4 Å².